The van der Waals surface area contributed by atoms with Crippen LogP contribution in [0.4, 0.5) is 8.63 Å². The summed E-state index contributed by atoms with van der Waals surface area (Å²) in [7, 11) is -1.33. The van der Waals surface area contributed by atoms with Crippen molar-refractivity contribution in [2.45, 2.75) is 0 Å². The van der Waals surface area contributed by atoms with Crippen molar-refractivity contribution < 1.29 is 8.63 Å². The van der Waals surface area contributed by atoms with Crippen LogP contribution < -0.4 is 0 Å². The highest BCUT2D eigenvalue weighted by molar-refractivity contribution is 6.94. The highest BCUT2D eigenvalue weighted by Gasteiger charge is 1.94. The highest BCUT2D eigenvalue weighted by atomic mass is 19.2. The van der Waals surface area contributed by atoms with Gasteiger partial charge in [0, 0.05) is 0 Å². The second-order valence-corrected chi connectivity index (χ2v) is 0.519. The molecule has 0 amide bonds. The maximum atomic E-state index is 10.3. The van der Waals surface area contributed by atoms with Crippen molar-refractivity contribution >= 4 is 14.9 Å². The van der Waals surface area contributed by atoms with Crippen LogP contribution in [0, 0.1) is 0 Å². The predicted molar refractivity (Wildman–Crippen MR) is 16.5 cm³/mol. The third-order valence-electron chi connectivity index (χ3n) is 0. The van der Waals surface area contributed by atoms with Crippen molar-refractivity contribution in [1.82, 2.24) is 0 Å². The lowest BCUT2D eigenvalue weighted by Crippen LogP contribution is -1.90. The molecule has 0 spiro atoms. The molecule has 0 aliphatic rings. The number of hydrogen-bond donors (Lipinski definition) is 0. The van der Waals surface area contributed by atoms with Crippen LogP contribution in [0.3, 0.4) is 0 Å². The lowest BCUT2D eigenvalue weighted by molar-refractivity contribution is 0.698. The summed E-state index contributed by atoms with van der Waals surface area (Å²) >= 11 is 0. The van der Waals surface area contributed by atoms with Gasteiger partial charge in [-0.3, -0.25) is 8.63 Å². The van der Waals surface area contributed by atoms with E-state index in [9.17, 15) is 8.63 Å². The molecule has 0 saturated heterocycles. The summed E-state index contributed by atoms with van der Waals surface area (Å²) in [5.74, 6) is 0. The lowest BCUT2D eigenvalue weighted by atomic mass is 9.70. The highest BCUT2D eigenvalue weighted by Crippen LogP contribution is 1.69. The molecule has 0 atom stereocenters. The molecule has 4 heteroatoms. The molecular formula is H2B2F2. The van der Waals surface area contributed by atoms with E-state index in [2.05, 4.69) is 0 Å². The summed E-state index contributed by atoms with van der Waals surface area (Å²) in [4.78, 5) is 0. The second-order valence-electron chi connectivity index (χ2n) is 0.519. The second kappa shape index (κ2) is 1.32. The van der Waals surface area contributed by atoms with Crippen LogP contribution in [0.1, 0.15) is 0 Å². The molecule has 4 heavy (non-hydrogen) atoms. The molecule has 0 N–H and O–H groups in total. The molecule has 0 aromatic carbocycles. The van der Waals surface area contributed by atoms with Gasteiger partial charge in [0.2, 0.25) is 0 Å². The molecule has 0 radical (unpaired) electrons. The Morgan fingerprint density at radius 3 is 1.50 bits per heavy atom. The Balaban J connectivity index is 2.32. The first-order valence-electron chi connectivity index (χ1n) is 1.01. The standard InChI is InChI=1S/B2F2H2/c1-2(3)4/h1H2. The van der Waals surface area contributed by atoms with Crippen molar-refractivity contribution in [3.63, 3.8) is 0 Å². The van der Waals surface area contributed by atoms with E-state index in [1.54, 1.807) is 0 Å². The summed E-state index contributed by atoms with van der Waals surface area (Å²) in [6.45, 7) is 0. The molecule has 0 bridgehead atoms. The van der Waals surface area contributed by atoms with Crippen molar-refractivity contribution in [2.24, 2.45) is 0 Å². The van der Waals surface area contributed by atoms with Gasteiger partial charge in [-0.1, -0.05) is 0 Å². The van der Waals surface area contributed by atoms with Crippen molar-refractivity contribution in [3.8, 4) is 0 Å². The Hall–Kier alpha value is -0.0101. The molecule has 0 aliphatic heterocycles. The summed E-state index contributed by atoms with van der Waals surface area (Å²) in [6, 6.07) is 0. The molecule has 0 saturated carbocycles. The first-order chi connectivity index (χ1) is 1.73. The van der Waals surface area contributed by atoms with E-state index in [-0.39, 0.29) is 0 Å². The van der Waals surface area contributed by atoms with Gasteiger partial charge >= 0.3 is 7.16 Å². The smallest absolute Gasteiger partial charge is 0.299 e. The average Bonchev–Trinajstić information content (AvgIpc) is 0.811. The molecule has 0 unspecified atom stereocenters. The molecule has 0 rings (SSSR count). The minimum absolute atomic E-state index is 0.833. The average molecular weight is 61.6 g/mol. The fraction of sp³-hybridized carbons (Fsp3) is 0. The summed E-state index contributed by atoms with van der Waals surface area (Å²) in [6.07, 6.45) is 0. The zero-order chi connectivity index (χ0) is 3.58. The van der Waals surface area contributed by atoms with Crippen LogP contribution in [-0.2, 0) is 0 Å². The zero-order valence-electron chi connectivity index (χ0n) is 2.33. The third kappa shape index (κ3) is 19000. The Bertz CT molecular complexity index is 8.75. The molecule has 0 fully saturated rings. The molecular weight excluding hydrogens is 59.6 g/mol. The first-order valence-corrected chi connectivity index (χ1v) is 1.01. The van der Waals surface area contributed by atoms with E-state index in [1.165, 1.54) is 0 Å². The minimum atomic E-state index is -2.17. The van der Waals surface area contributed by atoms with Crippen LogP contribution in [0.25, 0.3) is 0 Å². The fourth-order valence-electron chi connectivity index (χ4n) is 0. The zero-order valence-corrected chi connectivity index (χ0v) is 2.33. The van der Waals surface area contributed by atoms with Crippen LogP contribution >= 0.6 is 0 Å². The van der Waals surface area contributed by atoms with E-state index in [4.69, 9.17) is 0 Å². The van der Waals surface area contributed by atoms with Crippen LogP contribution in [-0.4, -0.2) is 14.9 Å². The molecule has 0 aromatic heterocycles. The molecule has 0 aliphatic carbocycles. The molecule has 0 aromatic rings. The van der Waals surface area contributed by atoms with Gasteiger partial charge in [0.15, 0.2) is 7.74 Å². The number of halogens is 2. The largest absolute Gasteiger partial charge is 0.483 e. The van der Waals surface area contributed by atoms with Gasteiger partial charge in [-0.2, -0.15) is 0 Å². The van der Waals surface area contributed by atoms with Gasteiger partial charge in [-0.15, -0.1) is 0 Å². The minimum Gasteiger partial charge on any atom is -0.299 e. The van der Waals surface area contributed by atoms with Gasteiger partial charge in [0.05, 0.1) is 0 Å². The van der Waals surface area contributed by atoms with Gasteiger partial charge in [0.1, 0.15) is 0 Å². The van der Waals surface area contributed by atoms with Crippen LogP contribution in [0.5, 0.6) is 0 Å². The normalized spacial score (nSPS) is 6.50. The van der Waals surface area contributed by atoms with E-state index in [1.807, 2.05) is 0 Å². The van der Waals surface area contributed by atoms with E-state index < -0.39 is 7.16 Å². The number of hydrogen-bond acceptors (Lipinski definition) is 0. The maximum absolute atomic E-state index is 10.3. The summed E-state index contributed by atoms with van der Waals surface area (Å²) < 4.78 is 20.7. The lowest BCUT2D eigenvalue weighted by Gasteiger charge is -1.61. The van der Waals surface area contributed by atoms with Gasteiger partial charge in [-0.25, -0.2) is 0 Å². The van der Waals surface area contributed by atoms with Gasteiger partial charge < -0.3 is 0 Å². The third-order valence-corrected chi connectivity index (χ3v) is 0. The van der Waals surface area contributed by atoms with E-state index in [0.717, 1.165) is 7.74 Å². The van der Waals surface area contributed by atoms with E-state index >= 15 is 0 Å². The Morgan fingerprint density at radius 1 is 1.50 bits per heavy atom. The number of rotatable bonds is 0. The van der Waals surface area contributed by atoms with Gasteiger partial charge in [0.25, 0.3) is 0 Å². The Kier molecular flexibility index (Phi) is 1.32. The Morgan fingerprint density at radius 2 is 1.50 bits per heavy atom. The predicted octanol–water partition coefficient (Wildman–Crippen LogP) is -0.457. The van der Waals surface area contributed by atoms with Crippen LogP contribution in [0.2, 0.25) is 0 Å². The molecule has 22 valence electrons. The molecule has 0 nitrogen and oxygen atoms in total. The van der Waals surface area contributed by atoms with Crippen molar-refractivity contribution in [2.75, 3.05) is 0 Å². The molecule has 0 heterocycles. The SMILES string of the molecule is BB(F)F. The summed E-state index contributed by atoms with van der Waals surface area (Å²) in [5.41, 5.74) is 0. The van der Waals surface area contributed by atoms with Crippen molar-refractivity contribution in [1.29, 1.82) is 0 Å². The van der Waals surface area contributed by atoms with Crippen LogP contribution in [0.15, 0.2) is 0 Å². The van der Waals surface area contributed by atoms with Gasteiger partial charge in [-0.05, 0) is 0 Å². The summed E-state index contributed by atoms with van der Waals surface area (Å²) in [5, 5.41) is 0. The Labute approximate surface area is 24.8 Å². The first kappa shape index (κ1) is 3.99. The monoisotopic (exact) mass is 62.0 g/mol. The maximum Gasteiger partial charge on any atom is 0.483 e. The fourth-order valence-corrected chi connectivity index (χ4v) is 0. The quantitative estimate of drug-likeness (QED) is 0.333. The van der Waals surface area contributed by atoms with Crippen molar-refractivity contribution in [3.05, 3.63) is 0 Å². The topological polar surface area (TPSA) is 0 Å². The van der Waals surface area contributed by atoms with E-state index in [0.29, 0.717) is 0 Å².